The van der Waals surface area contributed by atoms with Crippen molar-refractivity contribution in [3.63, 3.8) is 0 Å². The summed E-state index contributed by atoms with van der Waals surface area (Å²) in [5.74, 6) is -0.733. The number of halogens is 3. The second-order valence-electron chi connectivity index (χ2n) is 4.72. The van der Waals surface area contributed by atoms with Gasteiger partial charge in [-0.1, -0.05) is 0 Å². The summed E-state index contributed by atoms with van der Waals surface area (Å²) < 4.78 is 48.8. The highest BCUT2D eigenvalue weighted by Crippen LogP contribution is 2.30. The van der Waals surface area contributed by atoms with Gasteiger partial charge in [0.2, 0.25) is 0 Å². The Morgan fingerprint density at radius 2 is 1.92 bits per heavy atom. The van der Waals surface area contributed by atoms with E-state index in [-0.39, 0.29) is 11.6 Å². The van der Waals surface area contributed by atoms with Crippen LogP contribution in [0.25, 0.3) is 17.1 Å². The van der Waals surface area contributed by atoms with Crippen LogP contribution in [0, 0.1) is 0 Å². The van der Waals surface area contributed by atoms with Gasteiger partial charge in [0, 0.05) is 0 Å². The van der Waals surface area contributed by atoms with E-state index in [1.165, 1.54) is 36.5 Å². The van der Waals surface area contributed by atoms with Crippen LogP contribution in [0.5, 0.6) is 0 Å². The zero-order valence-corrected chi connectivity index (χ0v) is 12.2. The number of benzene rings is 1. The molecule has 0 bridgehead atoms. The maximum atomic E-state index is 12.7. The average Bonchev–Trinajstić information content (AvgIpc) is 3.22. The monoisotopic (exact) mass is 337 g/mol. The summed E-state index contributed by atoms with van der Waals surface area (Å²) in [6.07, 6.45) is -1.66. The van der Waals surface area contributed by atoms with Gasteiger partial charge in [-0.25, -0.2) is 14.5 Å². The lowest BCUT2D eigenvalue weighted by Crippen LogP contribution is -2.07. The van der Waals surface area contributed by atoms with Crippen LogP contribution in [-0.4, -0.2) is 27.8 Å². The van der Waals surface area contributed by atoms with E-state index in [2.05, 4.69) is 14.8 Å². The molecule has 0 atom stereocenters. The van der Waals surface area contributed by atoms with Gasteiger partial charge in [0.05, 0.1) is 30.2 Å². The Kier molecular flexibility index (Phi) is 3.84. The summed E-state index contributed by atoms with van der Waals surface area (Å²) in [5, 5.41) is 4.01. The Hall–Kier alpha value is -3.10. The van der Waals surface area contributed by atoms with Crippen molar-refractivity contribution in [2.24, 2.45) is 0 Å². The summed E-state index contributed by atoms with van der Waals surface area (Å²) in [5.41, 5.74) is 0.0313. The fourth-order valence-electron chi connectivity index (χ4n) is 2.04. The molecule has 0 saturated carbocycles. The standard InChI is InChI=1S/C15H10F3N3O3/c1-23-14(22)12-19-13(9-6-7-24-8-9)21(20-12)11-4-2-10(3-5-11)15(16,17)18/h2-8H,1H3. The minimum atomic E-state index is -4.44. The van der Waals surface area contributed by atoms with E-state index in [9.17, 15) is 18.0 Å². The normalized spacial score (nSPS) is 11.5. The predicted octanol–water partition coefficient (Wildman–Crippen LogP) is 3.33. The lowest BCUT2D eigenvalue weighted by molar-refractivity contribution is -0.137. The number of hydrogen-bond donors (Lipinski definition) is 0. The fraction of sp³-hybridized carbons (Fsp3) is 0.133. The molecule has 0 unspecified atom stereocenters. The molecule has 3 aromatic rings. The van der Waals surface area contributed by atoms with Gasteiger partial charge in [-0.2, -0.15) is 13.2 Å². The Labute approximate surface area is 133 Å². The summed E-state index contributed by atoms with van der Waals surface area (Å²) in [6, 6.07) is 5.91. The van der Waals surface area contributed by atoms with Crippen molar-refractivity contribution in [2.75, 3.05) is 7.11 Å². The number of esters is 1. The summed E-state index contributed by atoms with van der Waals surface area (Å²) in [4.78, 5) is 15.7. The molecule has 24 heavy (non-hydrogen) atoms. The topological polar surface area (TPSA) is 70.2 Å². The highest BCUT2D eigenvalue weighted by molar-refractivity contribution is 5.85. The molecule has 1 aromatic carbocycles. The van der Waals surface area contributed by atoms with Crippen LogP contribution in [0.1, 0.15) is 16.2 Å². The minimum Gasteiger partial charge on any atom is -0.472 e. The van der Waals surface area contributed by atoms with E-state index in [0.717, 1.165) is 12.1 Å². The number of ether oxygens (including phenoxy) is 1. The second kappa shape index (κ2) is 5.84. The van der Waals surface area contributed by atoms with Crippen LogP contribution in [0.2, 0.25) is 0 Å². The van der Waals surface area contributed by atoms with Crippen molar-refractivity contribution >= 4 is 5.97 Å². The molecule has 9 heteroatoms. The van der Waals surface area contributed by atoms with Crippen LogP contribution < -0.4 is 0 Å². The maximum absolute atomic E-state index is 12.7. The fourth-order valence-corrected chi connectivity index (χ4v) is 2.04. The van der Waals surface area contributed by atoms with E-state index in [0.29, 0.717) is 11.3 Å². The Balaban J connectivity index is 2.09. The first-order chi connectivity index (χ1) is 11.4. The van der Waals surface area contributed by atoms with Gasteiger partial charge >= 0.3 is 12.1 Å². The van der Waals surface area contributed by atoms with Gasteiger partial charge in [0.15, 0.2) is 5.82 Å². The predicted molar refractivity (Wildman–Crippen MR) is 75.4 cm³/mol. The summed E-state index contributed by atoms with van der Waals surface area (Å²) in [6.45, 7) is 0. The van der Waals surface area contributed by atoms with Gasteiger partial charge in [0.25, 0.3) is 5.82 Å². The van der Waals surface area contributed by atoms with E-state index in [1.807, 2.05) is 0 Å². The number of methoxy groups -OCH3 is 1. The molecule has 2 aromatic heterocycles. The second-order valence-corrected chi connectivity index (χ2v) is 4.72. The van der Waals surface area contributed by atoms with Crippen molar-refractivity contribution in [1.82, 2.24) is 14.8 Å². The minimum absolute atomic E-state index is 0.214. The number of furan rings is 1. The van der Waals surface area contributed by atoms with Crippen molar-refractivity contribution < 1.29 is 27.1 Å². The summed E-state index contributed by atoms with van der Waals surface area (Å²) in [7, 11) is 1.18. The number of aromatic nitrogens is 3. The summed E-state index contributed by atoms with van der Waals surface area (Å²) >= 11 is 0. The smallest absolute Gasteiger partial charge is 0.416 e. The zero-order valence-electron chi connectivity index (χ0n) is 12.2. The van der Waals surface area contributed by atoms with E-state index in [1.54, 1.807) is 6.07 Å². The van der Waals surface area contributed by atoms with Crippen molar-refractivity contribution in [1.29, 1.82) is 0 Å². The average molecular weight is 337 g/mol. The van der Waals surface area contributed by atoms with Gasteiger partial charge in [0.1, 0.15) is 6.26 Å². The number of carbonyl (C=O) groups excluding carboxylic acids is 1. The first-order valence-electron chi connectivity index (χ1n) is 6.65. The number of rotatable bonds is 3. The molecule has 0 N–H and O–H groups in total. The molecule has 3 rings (SSSR count). The number of carbonyl (C=O) groups is 1. The van der Waals surface area contributed by atoms with Gasteiger partial charge in [-0.3, -0.25) is 0 Å². The Morgan fingerprint density at radius 1 is 1.21 bits per heavy atom. The molecular formula is C15H10F3N3O3. The molecule has 0 amide bonds. The lowest BCUT2D eigenvalue weighted by atomic mass is 10.2. The Morgan fingerprint density at radius 3 is 2.46 bits per heavy atom. The van der Waals surface area contributed by atoms with Crippen LogP contribution in [0.15, 0.2) is 47.3 Å². The van der Waals surface area contributed by atoms with Gasteiger partial charge in [-0.05, 0) is 30.3 Å². The first kappa shape index (κ1) is 15.8. The zero-order chi connectivity index (χ0) is 17.3. The molecule has 2 heterocycles. The molecule has 0 aliphatic heterocycles. The highest BCUT2D eigenvalue weighted by Gasteiger charge is 2.30. The van der Waals surface area contributed by atoms with Crippen LogP contribution in [-0.2, 0) is 10.9 Å². The van der Waals surface area contributed by atoms with E-state index >= 15 is 0 Å². The molecule has 0 aliphatic rings. The first-order valence-corrected chi connectivity index (χ1v) is 6.65. The third-order valence-corrected chi connectivity index (χ3v) is 3.19. The third kappa shape index (κ3) is 2.87. The van der Waals surface area contributed by atoms with Crippen LogP contribution >= 0.6 is 0 Å². The van der Waals surface area contributed by atoms with Gasteiger partial charge < -0.3 is 9.15 Å². The molecule has 0 aliphatic carbocycles. The molecule has 0 fully saturated rings. The maximum Gasteiger partial charge on any atom is 0.416 e. The van der Waals surface area contributed by atoms with E-state index in [4.69, 9.17) is 4.42 Å². The van der Waals surface area contributed by atoms with Crippen LogP contribution in [0.4, 0.5) is 13.2 Å². The van der Waals surface area contributed by atoms with Crippen LogP contribution in [0.3, 0.4) is 0 Å². The molecule has 0 spiro atoms. The number of nitrogens with zero attached hydrogens (tertiary/aromatic N) is 3. The van der Waals surface area contributed by atoms with Crippen molar-refractivity contribution in [2.45, 2.75) is 6.18 Å². The molecule has 6 nitrogen and oxygen atoms in total. The quantitative estimate of drug-likeness (QED) is 0.686. The molecule has 124 valence electrons. The third-order valence-electron chi connectivity index (χ3n) is 3.19. The van der Waals surface area contributed by atoms with Crippen molar-refractivity contribution in [3.05, 3.63) is 54.2 Å². The number of alkyl halides is 3. The highest BCUT2D eigenvalue weighted by atomic mass is 19.4. The largest absolute Gasteiger partial charge is 0.472 e. The van der Waals surface area contributed by atoms with Gasteiger partial charge in [-0.15, -0.1) is 5.10 Å². The lowest BCUT2D eigenvalue weighted by Gasteiger charge is -2.08. The number of hydrogen-bond acceptors (Lipinski definition) is 5. The molecular weight excluding hydrogens is 327 g/mol. The molecule has 0 radical (unpaired) electrons. The molecule has 0 saturated heterocycles. The SMILES string of the molecule is COC(=O)c1nc(-c2ccoc2)n(-c2ccc(C(F)(F)F)cc2)n1. The Bertz CT molecular complexity index is 852. The van der Waals surface area contributed by atoms with Crippen molar-refractivity contribution in [3.8, 4) is 17.1 Å². The van der Waals surface area contributed by atoms with E-state index < -0.39 is 17.7 Å².